The number of carbonyl (C=O) groups is 2. The number of methoxy groups -OCH3 is 1. The first-order chi connectivity index (χ1) is 20.2. The molecule has 0 aliphatic carbocycles. The minimum atomic E-state index is -4.59. The molecule has 0 unspecified atom stereocenters. The Morgan fingerprint density at radius 2 is 1.88 bits per heavy atom. The molecule has 0 bridgehead atoms. The zero-order chi connectivity index (χ0) is 29.6. The minimum Gasteiger partial charge on any atom is -0.451 e. The average molecular weight is 604 g/mol. The number of fused-ring (bicyclic) bond motifs is 4. The lowest BCUT2D eigenvalue weighted by molar-refractivity contribution is -0.138. The molecule has 4 heterocycles. The summed E-state index contributed by atoms with van der Waals surface area (Å²) in [4.78, 5) is 40.6. The molecule has 1 aromatic heterocycles. The highest BCUT2D eigenvalue weighted by atomic mass is 32.2. The lowest BCUT2D eigenvalue weighted by Crippen LogP contribution is -2.66. The molecule has 10 nitrogen and oxygen atoms in total. The van der Waals surface area contributed by atoms with E-state index < -0.39 is 48.2 Å². The number of ether oxygens (including phenoxy) is 4. The van der Waals surface area contributed by atoms with Crippen LogP contribution in [0.25, 0.3) is 0 Å². The second kappa shape index (κ2) is 10.9. The van der Waals surface area contributed by atoms with Gasteiger partial charge in [0.2, 0.25) is 18.0 Å². The third-order valence-electron chi connectivity index (χ3n) is 7.37. The molecule has 14 heteroatoms. The number of amides is 1. The topological polar surface area (TPSA) is 99.5 Å². The molecule has 0 N–H and O–H groups in total. The van der Waals surface area contributed by atoms with Crippen LogP contribution in [0.4, 0.5) is 18.0 Å². The fourth-order valence-corrected chi connectivity index (χ4v) is 6.73. The molecular formula is C28H24F3N3O7S. The fourth-order valence-electron chi connectivity index (χ4n) is 5.58. The highest BCUT2D eigenvalue weighted by Gasteiger charge is 2.47. The predicted molar refractivity (Wildman–Crippen MR) is 143 cm³/mol. The van der Waals surface area contributed by atoms with E-state index in [0.717, 1.165) is 23.6 Å². The van der Waals surface area contributed by atoms with E-state index in [4.69, 9.17) is 14.2 Å². The molecule has 0 radical (unpaired) electrons. The fraction of sp³-hybridized carbons (Fsp3) is 0.321. The van der Waals surface area contributed by atoms with Crippen molar-refractivity contribution < 1.29 is 41.7 Å². The van der Waals surface area contributed by atoms with Crippen molar-refractivity contribution in [2.24, 2.45) is 0 Å². The van der Waals surface area contributed by atoms with Crippen LogP contribution in [0.15, 0.2) is 64.4 Å². The van der Waals surface area contributed by atoms with Crippen LogP contribution < -0.4 is 15.2 Å². The van der Waals surface area contributed by atoms with E-state index >= 15 is 0 Å². The summed E-state index contributed by atoms with van der Waals surface area (Å²) in [6.07, 6.45) is -4.98. The van der Waals surface area contributed by atoms with Crippen LogP contribution in [-0.4, -0.2) is 61.5 Å². The van der Waals surface area contributed by atoms with Gasteiger partial charge in [-0.1, -0.05) is 30.3 Å². The molecule has 220 valence electrons. The van der Waals surface area contributed by atoms with Crippen molar-refractivity contribution in [2.75, 3.05) is 38.7 Å². The van der Waals surface area contributed by atoms with Gasteiger partial charge in [-0.05, 0) is 28.8 Å². The molecule has 42 heavy (non-hydrogen) atoms. The number of nitrogens with zero attached hydrogens (tertiary/aromatic N) is 3. The standard InChI is InChI=1S/C28H24F3N3O7S/c1-38-27(37)41-15-40-25-20(35)9-10-33-24(25)26(36)32-11-12-39-13-22(32)34(33)23-16-6-4-7-19(28(29,30)31)18(16)14-42-21-8-3-2-5-17(21)23/h2-10,22-23H,11-15H2,1H3/t22-,23+/m1/s1. The first kappa shape index (κ1) is 28.0. The van der Waals surface area contributed by atoms with Gasteiger partial charge < -0.3 is 23.8 Å². The predicted octanol–water partition coefficient (Wildman–Crippen LogP) is 4.13. The number of carbonyl (C=O) groups excluding carboxylic acids is 2. The van der Waals surface area contributed by atoms with Crippen LogP contribution in [-0.2, 0) is 26.1 Å². The molecule has 1 fully saturated rings. The summed E-state index contributed by atoms with van der Waals surface area (Å²) in [5.41, 5.74) is -0.283. The lowest BCUT2D eigenvalue weighted by atomic mass is 9.91. The Morgan fingerprint density at radius 1 is 1.10 bits per heavy atom. The van der Waals surface area contributed by atoms with Crippen LogP contribution >= 0.6 is 11.8 Å². The van der Waals surface area contributed by atoms with Gasteiger partial charge in [0.15, 0.2) is 5.69 Å². The summed E-state index contributed by atoms with van der Waals surface area (Å²) in [6.45, 7) is -0.251. The summed E-state index contributed by atoms with van der Waals surface area (Å²) >= 11 is 1.30. The molecule has 1 saturated heterocycles. The first-order valence-corrected chi connectivity index (χ1v) is 13.9. The van der Waals surface area contributed by atoms with Gasteiger partial charge in [0.05, 0.1) is 31.9 Å². The van der Waals surface area contributed by atoms with Gasteiger partial charge in [0.1, 0.15) is 6.17 Å². The molecule has 1 amide bonds. The number of hydrogen-bond acceptors (Lipinski definition) is 9. The van der Waals surface area contributed by atoms with Crippen LogP contribution in [0, 0.1) is 0 Å². The highest BCUT2D eigenvalue weighted by molar-refractivity contribution is 7.98. The molecule has 3 aromatic rings. The first-order valence-electron chi connectivity index (χ1n) is 12.9. The van der Waals surface area contributed by atoms with Crippen LogP contribution in [0.2, 0.25) is 0 Å². The molecule has 6 rings (SSSR count). The third kappa shape index (κ3) is 4.73. The Bertz CT molecular complexity index is 1610. The smallest absolute Gasteiger partial charge is 0.451 e. The van der Waals surface area contributed by atoms with Gasteiger partial charge in [-0.3, -0.25) is 19.3 Å². The largest absolute Gasteiger partial charge is 0.510 e. The number of aromatic nitrogens is 1. The normalized spacial score (nSPS) is 19.6. The SMILES string of the molecule is COC(=O)OCOc1c2n(ccc1=O)N([C@@H]1c3ccccc3SCc3c1cccc3C(F)(F)F)[C@@H]1COCCN1C2=O. The van der Waals surface area contributed by atoms with Gasteiger partial charge in [-0.2, -0.15) is 13.2 Å². The van der Waals surface area contributed by atoms with Crippen molar-refractivity contribution in [3.05, 3.63) is 92.9 Å². The average Bonchev–Trinajstić information content (AvgIpc) is 3.15. The van der Waals surface area contributed by atoms with Gasteiger partial charge in [0, 0.05) is 29.5 Å². The number of benzene rings is 2. The summed E-state index contributed by atoms with van der Waals surface area (Å²) in [7, 11) is 1.10. The molecule has 2 atom stereocenters. The number of pyridine rings is 1. The maximum atomic E-state index is 14.3. The van der Waals surface area contributed by atoms with Gasteiger partial charge >= 0.3 is 12.3 Å². The maximum Gasteiger partial charge on any atom is 0.510 e. The van der Waals surface area contributed by atoms with Crippen molar-refractivity contribution in [2.45, 2.75) is 29.0 Å². The highest BCUT2D eigenvalue weighted by Crippen LogP contribution is 2.47. The van der Waals surface area contributed by atoms with E-state index in [1.54, 1.807) is 17.1 Å². The van der Waals surface area contributed by atoms with Crippen molar-refractivity contribution in [1.82, 2.24) is 9.58 Å². The zero-order valence-electron chi connectivity index (χ0n) is 22.1. The molecule has 0 spiro atoms. The van der Waals surface area contributed by atoms with E-state index in [1.807, 2.05) is 18.2 Å². The number of hydrogen-bond donors (Lipinski definition) is 0. The molecule has 2 aromatic carbocycles. The molecular weight excluding hydrogens is 579 g/mol. The summed E-state index contributed by atoms with van der Waals surface area (Å²) in [6, 6.07) is 11.8. The summed E-state index contributed by atoms with van der Waals surface area (Å²) in [5, 5.41) is 1.76. The Morgan fingerprint density at radius 3 is 2.67 bits per heavy atom. The summed E-state index contributed by atoms with van der Waals surface area (Å²) < 4.78 is 64.7. The minimum absolute atomic E-state index is 0.0685. The van der Waals surface area contributed by atoms with Crippen molar-refractivity contribution in [3.63, 3.8) is 0 Å². The lowest BCUT2D eigenvalue weighted by Gasteiger charge is -2.51. The van der Waals surface area contributed by atoms with E-state index in [2.05, 4.69) is 4.74 Å². The Hall–Kier alpha value is -4.17. The Labute approximate surface area is 241 Å². The van der Waals surface area contributed by atoms with E-state index in [9.17, 15) is 27.6 Å². The second-order valence-electron chi connectivity index (χ2n) is 9.60. The number of alkyl halides is 3. The summed E-state index contributed by atoms with van der Waals surface area (Å²) in [5.74, 6) is -0.834. The quantitative estimate of drug-likeness (QED) is 0.322. The zero-order valence-corrected chi connectivity index (χ0v) is 22.9. The Kier molecular flexibility index (Phi) is 7.27. The maximum absolute atomic E-state index is 14.3. The number of thioether (sulfide) groups is 1. The van der Waals surface area contributed by atoms with E-state index in [-0.39, 0.29) is 42.5 Å². The van der Waals surface area contributed by atoms with E-state index in [1.165, 1.54) is 39.7 Å². The van der Waals surface area contributed by atoms with Gasteiger partial charge in [-0.25, -0.2) is 4.79 Å². The Balaban J connectivity index is 1.59. The molecule has 3 aliphatic heterocycles. The van der Waals surface area contributed by atoms with Crippen molar-refractivity contribution in [3.8, 4) is 5.75 Å². The second-order valence-corrected chi connectivity index (χ2v) is 10.6. The van der Waals surface area contributed by atoms with Crippen LogP contribution in [0.5, 0.6) is 5.75 Å². The number of halogens is 3. The number of rotatable bonds is 4. The molecule has 0 saturated carbocycles. The molecule has 3 aliphatic rings. The van der Waals surface area contributed by atoms with Crippen molar-refractivity contribution >= 4 is 23.8 Å². The van der Waals surface area contributed by atoms with Crippen LogP contribution in [0.1, 0.15) is 38.8 Å². The van der Waals surface area contributed by atoms with E-state index in [0.29, 0.717) is 5.56 Å². The van der Waals surface area contributed by atoms with Crippen molar-refractivity contribution in [1.29, 1.82) is 0 Å². The van der Waals surface area contributed by atoms with Crippen LogP contribution in [0.3, 0.4) is 0 Å². The van der Waals surface area contributed by atoms with Gasteiger partial charge in [-0.15, -0.1) is 11.8 Å². The third-order valence-corrected chi connectivity index (χ3v) is 8.48. The number of morpholine rings is 1. The van der Waals surface area contributed by atoms with Gasteiger partial charge in [0.25, 0.3) is 5.91 Å². The monoisotopic (exact) mass is 603 g/mol.